The summed E-state index contributed by atoms with van der Waals surface area (Å²) >= 11 is 2.71. The van der Waals surface area contributed by atoms with Crippen LogP contribution in [0.25, 0.3) is 0 Å². The molecule has 0 saturated heterocycles. The third-order valence-electron chi connectivity index (χ3n) is 3.50. The van der Waals surface area contributed by atoms with E-state index in [4.69, 9.17) is 4.74 Å². The number of hydrogen-bond acceptors (Lipinski definition) is 8. The van der Waals surface area contributed by atoms with Crippen LogP contribution in [0.15, 0.2) is 28.6 Å². The number of para-hydroxylation sites is 2. The average Bonchev–Trinajstić information content (AvgIpc) is 2.91. The van der Waals surface area contributed by atoms with Gasteiger partial charge in [-0.2, -0.15) is 0 Å². The summed E-state index contributed by atoms with van der Waals surface area (Å²) in [5, 5.41) is 10.9. The minimum atomic E-state index is -3.47. The maximum absolute atomic E-state index is 12.5. The third kappa shape index (κ3) is 4.05. The first-order valence-corrected chi connectivity index (χ1v) is 11.2. The van der Waals surface area contributed by atoms with Gasteiger partial charge in [-0.25, -0.2) is 8.42 Å². The molecule has 0 radical (unpaired) electrons. The second kappa shape index (κ2) is 7.18. The number of nitrogens with one attached hydrogen (secondary N) is 1. The van der Waals surface area contributed by atoms with Crippen LogP contribution in [-0.4, -0.2) is 49.7 Å². The fourth-order valence-electron chi connectivity index (χ4n) is 2.39. The van der Waals surface area contributed by atoms with Gasteiger partial charge in [0.1, 0.15) is 5.75 Å². The Kier molecular flexibility index (Phi) is 5.16. The van der Waals surface area contributed by atoms with Gasteiger partial charge in [-0.3, -0.25) is 14.4 Å². The van der Waals surface area contributed by atoms with E-state index in [9.17, 15) is 13.2 Å². The zero-order chi connectivity index (χ0) is 18.0. The summed E-state index contributed by atoms with van der Waals surface area (Å²) in [5.41, 5.74) is 0.431. The average molecular weight is 401 g/mol. The predicted octanol–water partition coefficient (Wildman–Crippen LogP) is 1.82. The number of benzene rings is 1. The van der Waals surface area contributed by atoms with Crippen LogP contribution in [0.1, 0.15) is 6.42 Å². The van der Waals surface area contributed by atoms with Gasteiger partial charge in [0.2, 0.25) is 15.2 Å². The highest BCUT2D eigenvalue weighted by atomic mass is 32.2. The summed E-state index contributed by atoms with van der Waals surface area (Å²) in [7, 11) is -3.47. The van der Waals surface area contributed by atoms with Crippen LogP contribution in [-0.2, 0) is 14.8 Å². The van der Waals surface area contributed by atoms with Crippen molar-refractivity contribution < 1.29 is 17.9 Å². The molecular formula is C14H16N4O4S3. The zero-order valence-electron chi connectivity index (χ0n) is 13.5. The largest absolute Gasteiger partial charge is 0.478 e. The number of aromatic nitrogens is 2. The standard InChI is InChI=1S/C14H16N4O4S3/c1-23-14-17-16-13(24-14)15-12(19)11-7-8-18(25(2,20)21)9-5-3-4-6-10(9)22-11/h3-6,11H,7-8H2,1-2H3,(H,15,16,19)/t11-/m1/s1. The van der Waals surface area contributed by atoms with Crippen molar-refractivity contribution in [2.75, 3.05) is 28.7 Å². The van der Waals surface area contributed by atoms with Crippen molar-refractivity contribution in [1.29, 1.82) is 0 Å². The molecule has 0 aliphatic carbocycles. The molecule has 1 amide bonds. The molecular weight excluding hydrogens is 384 g/mol. The molecule has 0 unspecified atom stereocenters. The Morgan fingerprint density at radius 1 is 1.40 bits per heavy atom. The van der Waals surface area contributed by atoms with Crippen molar-refractivity contribution in [2.24, 2.45) is 0 Å². The number of sulfonamides is 1. The van der Waals surface area contributed by atoms with Gasteiger partial charge < -0.3 is 4.74 Å². The van der Waals surface area contributed by atoms with Gasteiger partial charge >= 0.3 is 0 Å². The molecule has 2 aromatic rings. The lowest BCUT2D eigenvalue weighted by atomic mass is 10.2. The summed E-state index contributed by atoms with van der Waals surface area (Å²) in [4.78, 5) is 12.5. The number of carbonyl (C=O) groups is 1. The van der Waals surface area contributed by atoms with Crippen molar-refractivity contribution >= 4 is 49.8 Å². The topological polar surface area (TPSA) is 101 Å². The highest BCUT2D eigenvalue weighted by molar-refractivity contribution is 8.00. The summed E-state index contributed by atoms with van der Waals surface area (Å²) in [6.07, 6.45) is 2.41. The molecule has 1 aliphatic rings. The van der Waals surface area contributed by atoms with Crippen molar-refractivity contribution in [1.82, 2.24) is 10.2 Å². The molecule has 25 heavy (non-hydrogen) atoms. The van der Waals surface area contributed by atoms with Gasteiger partial charge in [0.15, 0.2) is 10.4 Å². The summed E-state index contributed by atoms with van der Waals surface area (Å²) in [6.45, 7) is 0.153. The van der Waals surface area contributed by atoms with Gasteiger partial charge in [0.25, 0.3) is 5.91 Å². The van der Waals surface area contributed by atoms with E-state index in [2.05, 4.69) is 15.5 Å². The highest BCUT2D eigenvalue weighted by Crippen LogP contribution is 2.34. The van der Waals surface area contributed by atoms with Gasteiger partial charge in [0.05, 0.1) is 11.9 Å². The maximum atomic E-state index is 12.5. The molecule has 2 heterocycles. The Hall–Kier alpha value is -1.85. The van der Waals surface area contributed by atoms with Crippen LogP contribution in [0.3, 0.4) is 0 Å². The predicted molar refractivity (Wildman–Crippen MR) is 98.0 cm³/mol. The van der Waals surface area contributed by atoms with E-state index in [1.165, 1.54) is 27.4 Å². The molecule has 1 N–H and O–H groups in total. The van der Waals surface area contributed by atoms with Crippen LogP contribution in [0.5, 0.6) is 5.75 Å². The SMILES string of the molecule is CSc1nnc(NC(=O)[C@H]2CCN(S(C)(=O)=O)c3ccccc3O2)s1. The molecule has 0 bridgehead atoms. The Balaban J connectivity index is 1.82. The first-order valence-electron chi connectivity index (χ1n) is 7.30. The zero-order valence-corrected chi connectivity index (χ0v) is 15.9. The normalized spacial score (nSPS) is 17.4. The van der Waals surface area contributed by atoms with Gasteiger partial charge in [-0.1, -0.05) is 35.2 Å². The van der Waals surface area contributed by atoms with Crippen molar-refractivity contribution in [3.8, 4) is 5.75 Å². The Morgan fingerprint density at radius 2 is 2.16 bits per heavy atom. The molecule has 0 saturated carbocycles. The lowest BCUT2D eigenvalue weighted by Gasteiger charge is -2.20. The second-order valence-corrected chi connectivity index (χ2v) is 9.20. The van der Waals surface area contributed by atoms with Crippen molar-refractivity contribution in [3.05, 3.63) is 24.3 Å². The molecule has 8 nitrogen and oxygen atoms in total. The van der Waals surface area contributed by atoms with Crippen LogP contribution < -0.4 is 14.4 Å². The van der Waals surface area contributed by atoms with Crippen LogP contribution in [0.4, 0.5) is 10.8 Å². The van der Waals surface area contributed by atoms with E-state index < -0.39 is 16.1 Å². The molecule has 3 rings (SSSR count). The minimum absolute atomic E-state index is 0.153. The first kappa shape index (κ1) is 18.0. The quantitative estimate of drug-likeness (QED) is 0.617. The van der Waals surface area contributed by atoms with Gasteiger partial charge in [-0.05, 0) is 18.4 Å². The number of hydrogen-bond donors (Lipinski definition) is 1. The van der Waals surface area contributed by atoms with E-state index >= 15 is 0 Å². The smallest absolute Gasteiger partial charge is 0.267 e. The number of carbonyl (C=O) groups excluding carboxylic acids is 1. The number of ether oxygens (including phenoxy) is 1. The lowest BCUT2D eigenvalue weighted by Crippen LogP contribution is -2.35. The number of fused-ring (bicyclic) bond motifs is 1. The Morgan fingerprint density at radius 3 is 2.84 bits per heavy atom. The van der Waals surface area contributed by atoms with Crippen molar-refractivity contribution in [2.45, 2.75) is 16.9 Å². The molecule has 0 fully saturated rings. The number of thioether (sulfide) groups is 1. The molecule has 1 aliphatic heterocycles. The van der Waals surface area contributed by atoms with E-state index in [0.29, 0.717) is 16.6 Å². The fourth-order valence-corrected chi connectivity index (χ4v) is 4.51. The maximum Gasteiger partial charge on any atom is 0.267 e. The molecule has 11 heteroatoms. The van der Waals surface area contributed by atoms with Crippen LogP contribution in [0, 0.1) is 0 Å². The Labute approximate surface area is 153 Å². The molecule has 0 spiro atoms. The van der Waals surface area contributed by atoms with Gasteiger partial charge in [-0.15, -0.1) is 10.2 Å². The highest BCUT2D eigenvalue weighted by Gasteiger charge is 2.31. The fraction of sp³-hybridized carbons (Fsp3) is 0.357. The summed E-state index contributed by atoms with van der Waals surface area (Å²) in [5.74, 6) is -0.0263. The van der Waals surface area contributed by atoms with Gasteiger partial charge in [0, 0.05) is 13.0 Å². The van der Waals surface area contributed by atoms with E-state index in [-0.39, 0.29) is 18.9 Å². The number of anilines is 2. The Bertz CT molecular complexity index is 884. The van der Waals surface area contributed by atoms with E-state index in [0.717, 1.165) is 10.6 Å². The number of nitrogens with zero attached hydrogens (tertiary/aromatic N) is 3. The molecule has 134 valence electrons. The summed E-state index contributed by atoms with van der Waals surface area (Å²) < 4.78 is 31.9. The van der Waals surface area contributed by atoms with Crippen LogP contribution in [0.2, 0.25) is 0 Å². The number of rotatable bonds is 4. The monoisotopic (exact) mass is 400 g/mol. The molecule has 1 aromatic carbocycles. The number of amides is 1. The minimum Gasteiger partial charge on any atom is -0.478 e. The second-order valence-electron chi connectivity index (χ2n) is 5.26. The van der Waals surface area contributed by atoms with Crippen LogP contribution >= 0.6 is 23.1 Å². The molecule has 1 atom stereocenters. The molecule has 1 aromatic heterocycles. The lowest BCUT2D eigenvalue weighted by molar-refractivity contribution is -0.122. The van der Waals surface area contributed by atoms with E-state index in [1.54, 1.807) is 24.3 Å². The van der Waals surface area contributed by atoms with E-state index in [1.807, 2.05) is 6.26 Å². The first-order chi connectivity index (χ1) is 11.9. The summed E-state index contributed by atoms with van der Waals surface area (Å²) in [6, 6.07) is 6.77. The van der Waals surface area contributed by atoms with Crippen molar-refractivity contribution in [3.63, 3.8) is 0 Å². The third-order valence-corrected chi connectivity index (χ3v) is 6.50.